The molecule has 0 saturated heterocycles. The number of nitrogens with one attached hydrogen (secondary N) is 1. The summed E-state index contributed by atoms with van der Waals surface area (Å²) in [5.41, 5.74) is 11.4. The second-order valence-corrected chi connectivity index (χ2v) is 6.58. The van der Waals surface area contributed by atoms with Crippen LogP contribution in [0.2, 0.25) is 0 Å². The third-order valence-electron chi connectivity index (χ3n) is 4.94. The van der Waals surface area contributed by atoms with E-state index >= 15 is 0 Å². The van der Waals surface area contributed by atoms with Gasteiger partial charge in [0, 0.05) is 24.3 Å². The maximum absolute atomic E-state index is 12.4. The fourth-order valence-electron chi connectivity index (χ4n) is 3.03. The Morgan fingerprint density at radius 2 is 1.91 bits per heavy atom. The molecule has 0 bridgehead atoms. The highest BCUT2D eigenvalue weighted by atomic mass is 16.1. The van der Waals surface area contributed by atoms with Gasteiger partial charge in [-0.2, -0.15) is 0 Å². The average molecular weight is 311 g/mol. The number of hydrogen-bond acceptors (Lipinski definition) is 2. The summed E-state index contributed by atoms with van der Waals surface area (Å²) < 4.78 is 2.05. The fraction of sp³-hybridized carbons (Fsp3) is 0.421. The molecule has 4 heteroatoms. The van der Waals surface area contributed by atoms with Crippen LogP contribution in [-0.2, 0) is 18.6 Å². The molecule has 1 aliphatic rings. The third-order valence-corrected chi connectivity index (χ3v) is 4.94. The van der Waals surface area contributed by atoms with Gasteiger partial charge in [-0.05, 0) is 56.4 Å². The lowest BCUT2D eigenvalue weighted by Gasteiger charge is -2.11. The smallest absolute Gasteiger partial charge is 0.268 e. The molecular formula is C19H25N3O. The van der Waals surface area contributed by atoms with E-state index in [1.54, 1.807) is 0 Å². The lowest BCUT2D eigenvalue weighted by molar-refractivity contribution is 0.0941. The van der Waals surface area contributed by atoms with E-state index in [0.29, 0.717) is 6.54 Å². The van der Waals surface area contributed by atoms with Gasteiger partial charge >= 0.3 is 0 Å². The van der Waals surface area contributed by atoms with Gasteiger partial charge in [-0.1, -0.05) is 24.3 Å². The minimum atomic E-state index is -0.0984. The molecule has 1 fully saturated rings. The Morgan fingerprint density at radius 3 is 2.48 bits per heavy atom. The molecule has 0 aliphatic heterocycles. The van der Waals surface area contributed by atoms with Crippen LogP contribution in [0.1, 0.15) is 52.6 Å². The number of carbonyl (C=O) groups excluding carboxylic acids is 1. The van der Waals surface area contributed by atoms with Gasteiger partial charge in [0.2, 0.25) is 0 Å². The van der Waals surface area contributed by atoms with Gasteiger partial charge in [0.25, 0.3) is 5.91 Å². The van der Waals surface area contributed by atoms with Crippen molar-refractivity contribution in [2.75, 3.05) is 0 Å². The van der Waals surface area contributed by atoms with Crippen LogP contribution in [-0.4, -0.2) is 10.5 Å². The summed E-state index contributed by atoms with van der Waals surface area (Å²) in [6.07, 6.45) is 2.13. The van der Waals surface area contributed by atoms with Gasteiger partial charge in [-0.15, -0.1) is 0 Å². The zero-order valence-corrected chi connectivity index (χ0v) is 14.1. The van der Waals surface area contributed by atoms with Crippen molar-refractivity contribution in [1.29, 1.82) is 0 Å². The standard InChI is InChI=1S/C19H25N3O/c1-4-22-14(3)13(2)11-17(22)18(23)21-12-15-5-7-16(8-6-15)19(20)9-10-19/h5-8,11H,4,9-10,12,20H2,1-3H3,(H,21,23). The summed E-state index contributed by atoms with van der Waals surface area (Å²) in [5.74, 6) is -0.0235. The van der Waals surface area contributed by atoms with Crippen molar-refractivity contribution in [2.24, 2.45) is 5.73 Å². The zero-order valence-electron chi connectivity index (χ0n) is 14.1. The first-order valence-corrected chi connectivity index (χ1v) is 8.28. The van der Waals surface area contributed by atoms with E-state index in [1.807, 2.05) is 13.0 Å². The zero-order chi connectivity index (χ0) is 16.6. The summed E-state index contributed by atoms with van der Waals surface area (Å²) in [6.45, 7) is 7.48. The molecule has 1 aromatic carbocycles. The van der Waals surface area contributed by atoms with E-state index < -0.39 is 0 Å². The van der Waals surface area contributed by atoms with Crippen LogP contribution in [0, 0.1) is 13.8 Å². The molecular weight excluding hydrogens is 286 g/mol. The summed E-state index contributed by atoms with van der Waals surface area (Å²) >= 11 is 0. The van der Waals surface area contributed by atoms with Crippen molar-refractivity contribution in [3.05, 3.63) is 58.4 Å². The molecule has 0 radical (unpaired) electrons. The number of hydrogen-bond donors (Lipinski definition) is 2. The summed E-state index contributed by atoms with van der Waals surface area (Å²) in [4.78, 5) is 12.4. The van der Waals surface area contributed by atoms with Crippen molar-refractivity contribution >= 4 is 5.91 Å². The summed E-state index contributed by atoms with van der Waals surface area (Å²) in [7, 11) is 0. The maximum Gasteiger partial charge on any atom is 0.268 e. The summed E-state index contributed by atoms with van der Waals surface area (Å²) in [6, 6.07) is 10.2. The molecule has 0 spiro atoms. The Labute approximate surface area is 137 Å². The van der Waals surface area contributed by atoms with Crippen molar-refractivity contribution in [2.45, 2.75) is 52.2 Å². The predicted molar refractivity (Wildman–Crippen MR) is 92.3 cm³/mol. The van der Waals surface area contributed by atoms with E-state index in [0.717, 1.165) is 41.9 Å². The van der Waals surface area contributed by atoms with Crippen molar-refractivity contribution in [3.63, 3.8) is 0 Å². The lowest BCUT2D eigenvalue weighted by Crippen LogP contribution is -2.25. The molecule has 0 atom stereocenters. The third kappa shape index (κ3) is 3.04. The molecule has 4 nitrogen and oxygen atoms in total. The molecule has 1 heterocycles. The highest BCUT2D eigenvalue weighted by molar-refractivity contribution is 5.93. The highest BCUT2D eigenvalue weighted by Gasteiger charge is 2.39. The monoisotopic (exact) mass is 311 g/mol. The molecule has 3 rings (SSSR count). The first-order valence-electron chi connectivity index (χ1n) is 8.28. The molecule has 1 aromatic heterocycles. The Morgan fingerprint density at radius 1 is 1.26 bits per heavy atom. The van der Waals surface area contributed by atoms with Crippen molar-refractivity contribution in [3.8, 4) is 0 Å². The number of nitrogens with two attached hydrogens (primary N) is 1. The van der Waals surface area contributed by atoms with E-state index in [9.17, 15) is 4.79 Å². The molecule has 2 aromatic rings. The predicted octanol–water partition coefficient (Wildman–Crippen LogP) is 3.00. The number of aromatic nitrogens is 1. The Balaban J connectivity index is 1.66. The maximum atomic E-state index is 12.4. The second kappa shape index (κ2) is 5.85. The number of amides is 1. The molecule has 3 N–H and O–H groups in total. The van der Waals surface area contributed by atoms with Crippen LogP contribution in [0.25, 0.3) is 0 Å². The molecule has 0 unspecified atom stereocenters. The number of carbonyl (C=O) groups is 1. The number of aryl methyl sites for hydroxylation is 1. The van der Waals surface area contributed by atoms with Gasteiger partial charge in [0.05, 0.1) is 0 Å². The topological polar surface area (TPSA) is 60.0 Å². The second-order valence-electron chi connectivity index (χ2n) is 6.58. The first kappa shape index (κ1) is 15.8. The molecule has 1 aliphatic carbocycles. The lowest BCUT2D eigenvalue weighted by atomic mass is 10.0. The summed E-state index contributed by atoms with van der Waals surface area (Å²) in [5, 5.41) is 3.01. The van der Waals surface area contributed by atoms with E-state index in [1.165, 1.54) is 5.56 Å². The van der Waals surface area contributed by atoms with Crippen LogP contribution < -0.4 is 11.1 Å². The van der Waals surface area contributed by atoms with Crippen LogP contribution in [0.15, 0.2) is 30.3 Å². The highest BCUT2D eigenvalue weighted by Crippen LogP contribution is 2.42. The SMILES string of the molecule is CCn1c(C(=O)NCc2ccc(C3(N)CC3)cc2)cc(C)c1C. The van der Waals surface area contributed by atoms with Crippen LogP contribution in [0.5, 0.6) is 0 Å². The normalized spacial score (nSPS) is 15.5. The average Bonchev–Trinajstić information content (AvgIpc) is 3.24. The molecule has 23 heavy (non-hydrogen) atoms. The van der Waals surface area contributed by atoms with E-state index in [2.05, 4.69) is 48.0 Å². The van der Waals surface area contributed by atoms with Crippen LogP contribution >= 0.6 is 0 Å². The van der Waals surface area contributed by atoms with Crippen molar-refractivity contribution < 1.29 is 4.79 Å². The number of nitrogens with zero attached hydrogens (tertiary/aromatic N) is 1. The van der Waals surface area contributed by atoms with Gasteiger partial charge in [-0.3, -0.25) is 4.79 Å². The quantitative estimate of drug-likeness (QED) is 0.891. The van der Waals surface area contributed by atoms with E-state index in [4.69, 9.17) is 5.73 Å². The molecule has 122 valence electrons. The van der Waals surface area contributed by atoms with Crippen LogP contribution in [0.3, 0.4) is 0 Å². The minimum absolute atomic E-state index is 0.0235. The molecule has 1 saturated carbocycles. The fourth-order valence-corrected chi connectivity index (χ4v) is 3.03. The van der Waals surface area contributed by atoms with Crippen molar-refractivity contribution in [1.82, 2.24) is 9.88 Å². The van der Waals surface area contributed by atoms with Gasteiger partial charge in [-0.25, -0.2) is 0 Å². The number of benzene rings is 1. The van der Waals surface area contributed by atoms with Gasteiger partial charge < -0.3 is 15.6 Å². The minimum Gasteiger partial charge on any atom is -0.347 e. The van der Waals surface area contributed by atoms with E-state index in [-0.39, 0.29) is 11.4 Å². The Bertz CT molecular complexity index is 724. The Kier molecular flexibility index (Phi) is 4.02. The van der Waals surface area contributed by atoms with Gasteiger partial charge in [0.15, 0.2) is 0 Å². The number of rotatable bonds is 5. The van der Waals surface area contributed by atoms with Gasteiger partial charge in [0.1, 0.15) is 5.69 Å². The molecule has 1 amide bonds. The van der Waals surface area contributed by atoms with Crippen LogP contribution in [0.4, 0.5) is 0 Å². The first-order chi connectivity index (χ1) is 10.9. The Hall–Kier alpha value is -2.07. The largest absolute Gasteiger partial charge is 0.347 e.